The third-order valence-electron chi connectivity index (χ3n) is 3.34. The van der Waals surface area contributed by atoms with Gasteiger partial charge in [0.1, 0.15) is 0 Å². The third kappa shape index (κ3) is 2.99. The van der Waals surface area contributed by atoms with E-state index < -0.39 is 0 Å². The molecule has 0 aliphatic carbocycles. The Bertz CT molecular complexity index is 384. The Kier molecular flexibility index (Phi) is 4.02. The number of hydrogen-bond donors (Lipinski definition) is 1. The van der Waals surface area contributed by atoms with Crippen LogP contribution in [0, 0.1) is 0 Å². The predicted molar refractivity (Wildman–Crippen MR) is 70.3 cm³/mol. The number of carbonyl (C=O) groups excluding carboxylic acids is 1. The molecule has 0 atom stereocenters. The van der Waals surface area contributed by atoms with Gasteiger partial charge < -0.3 is 10.2 Å². The quantitative estimate of drug-likeness (QED) is 0.860. The molecule has 3 nitrogen and oxygen atoms in total. The second-order valence-electron chi connectivity index (χ2n) is 4.50. The van der Waals surface area contributed by atoms with Crippen molar-refractivity contribution in [2.45, 2.75) is 25.7 Å². The molecule has 2 rings (SSSR count). The minimum atomic E-state index is 0.112. The highest BCUT2D eigenvalue weighted by atomic mass is 16.1. The molecule has 1 amide bonds. The normalized spacial score (nSPS) is 15.0. The van der Waals surface area contributed by atoms with E-state index in [0.29, 0.717) is 6.42 Å². The van der Waals surface area contributed by atoms with Gasteiger partial charge in [0, 0.05) is 32.2 Å². The molecule has 3 heteroatoms. The van der Waals surface area contributed by atoms with E-state index >= 15 is 0 Å². The van der Waals surface area contributed by atoms with Crippen molar-refractivity contribution in [3.8, 4) is 0 Å². The molecule has 0 radical (unpaired) electrons. The summed E-state index contributed by atoms with van der Waals surface area (Å²) < 4.78 is 0. The molecule has 0 saturated carbocycles. The maximum Gasteiger partial charge on any atom is 0.220 e. The average molecular weight is 232 g/mol. The van der Waals surface area contributed by atoms with Crippen LogP contribution < -0.4 is 10.2 Å². The Balaban J connectivity index is 2.07. The number of anilines is 1. The zero-order chi connectivity index (χ0) is 12.1. The number of benzene rings is 1. The minimum absolute atomic E-state index is 0.112. The van der Waals surface area contributed by atoms with Gasteiger partial charge in [-0.15, -0.1) is 0 Å². The average Bonchev–Trinajstić information content (AvgIpc) is 2.90. The first-order chi connectivity index (χ1) is 8.31. The first-order valence-electron chi connectivity index (χ1n) is 6.34. The van der Waals surface area contributed by atoms with Crippen molar-refractivity contribution in [3.05, 3.63) is 29.8 Å². The van der Waals surface area contributed by atoms with Crippen LogP contribution in [-0.2, 0) is 11.2 Å². The van der Waals surface area contributed by atoms with Gasteiger partial charge in [-0.2, -0.15) is 0 Å². The SMILES string of the molecule is CNC(=O)CCc1ccccc1N1CCCC1. The molecule has 1 fully saturated rings. The maximum atomic E-state index is 11.3. The summed E-state index contributed by atoms with van der Waals surface area (Å²) in [5, 5.41) is 2.67. The Hall–Kier alpha value is -1.51. The fourth-order valence-electron chi connectivity index (χ4n) is 2.36. The lowest BCUT2D eigenvalue weighted by Crippen LogP contribution is -2.21. The molecule has 1 N–H and O–H groups in total. The zero-order valence-electron chi connectivity index (χ0n) is 10.4. The van der Waals surface area contributed by atoms with Crippen LogP contribution in [0.3, 0.4) is 0 Å². The number of nitrogens with one attached hydrogen (secondary N) is 1. The molecule has 1 aromatic rings. The summed E-state index contributed by atoms with van der Waals surface area (Å²) in [6.45, 7) is 2.30. The molecule has 0 unspecified atom stereocenters. The van der Waals surface area contributed by atoms with Gasteiger partial charge in [-0.3, -0.25) is 4.79 Å². The van der Waals surface area contributed by atoms with E-state index in [2.05, 4.69) is 34.5 Å². The number of para-hydroxylation sites is 1. The van der Waals surface area contributed by atoms with Gasteiger partial charge in [0.05, 0.1) is 0 Å². The van der Waals surface area contributed by atoms with Gasteiger partial charge in [-0.25, -0.2) is 0 Å². The van der Waals surface area contributed by atoms with Gasteiger partial charge in [-0.05, 0) is 30.9 Å². The zero-order valence-corrected chi connectivity index (χ0v) is 10.4. The second-order valence-corrected chi connectivity index (χ2v) is 4.50. The Morgan fingerprint density at radius 1 is 1.29 bits per heavy atom. The molecular weight excluding hydrogens is 212 g/mol. The summed E-state index contributed by atoms with van der Waals surface area (Å²) in [4.78, 5) is 13.7. The van der Waals surface area contributed by atoms with Crippen LogP contribution >= 0.6 is 0 Å². The van der Waals surface area contributed by atoms with Gasteiger partial charge >= 0.3 is 0 Å². The summed E-state index contributed by atoms with van der Waals surface area (Å²) in [6.07, 6.45) is 3.96. The monoisotopic (exact) mass is 232 g/mol. The van der Waals surface area contributed by atoms with Crippen molar-refractivity contribution < 1.29 is 4.79 Å². The number of amides is 1. The van der Waals surface area contributed by atoms with Crippen LogP contribution in [0.1, 0.15) is 24.8 Å². The maximum absolute atomic E-state index is 11.3. The first-order valence-corrected chi connectivity index (χ1v) is 6.34. The van der Waals surface area contributed by atoms with Crippen LogP contribution in [-0.4, -0.2) is 26.0 Å². The highest BCUT2D eigenvalue weighted by Gasteiger charge is 2.15. The fraction of sp³-hybridized carbons (Fsp3) is 0.500. The fourth-order valence-corrected chi connectivity index (χ4v) is 2.36. The van der Waals surface area contributed by atoms with E-state index in [0.717, 1.165) is 19.5 Å². The molecule has 1 aliphatic heterocycles. The number of aryl methyl sites for hydroxylation is 1. The van der Waals surface area contributed by atoms with Crippen LogP contribution in [0.2, 0.25) is 0 Å². The number of nitrogens with zero attached hydrogens (tertiary/aromatic N) is 1. The predicted octanol–water partition coefficient (Wildman–Crippen LogP) is 1.97. The molecule has 92 valence electrons. The van der Waals surface area contributed by atoms with E-state index in [4.69, 9.17) is 0 Å². The lowest BCUT2D eigenvalue weighted by Gasteiger charge is -2.21. The third-order valence-corrected chi connectivity index (χ3v) is 3.34. The van der Waals surface area contributed by atoms with E-state index in [-0.39, 0.29) is 5.91 Å². The standard InChI is InChI=1S/C14H20N2O/c1-15-14(17)9-8-12-6-2-3-7-13(12)16-10-4-5-11-16/h2-3,6-7H,4-5,8-11H2,1H3,(H,15,17). The summed E-state index contributed by atoms with van der Waals surface area (Å²) in [5.74, 6) is 0.112. The molecule has 1 aliphatic rings. The van der Waals surface area contributed by atoms with Crippen molar-refractivity contribution >= 4 is 11.6 Å². The lowest BCUT2D eigenvalue weighted by molar-refractivity contribution is -0.120. The number of carbonyl (C=O) groups is 1. The van der Waals surface area contributed by atoms with Gasteiger partial charge in [0.25, 0.3) is 0 Å². The summed E-state index contributed by atoms with van der Waals surface area (Å²) in [5.41, 5.74) is 2.60. The molecule has 1 aromatic carbocycles. The summed E-state index contributed by atoms with van der Waals surface area (Å²) in [7, 11) is 1.69. The van der Waals surface area contributed by atoms with Crippen LogP contribution in [0.5, 0.6) is 0 Å². The van der Waals surface area contributed by atoms with Gasteiger partial charge in [0.15, 0.2) is 0 Å². The van der Waals surface area contributed by atoms with Crippen molar-refractivity contribution in [1.29, 1.82) is 0 Å². The molecule has 0 aromatic heterocycles. The largest absolute Gasteiger partial charge is 0.371 e. The molecular formula is C14H20N2O. The Morgan fingerprint density at radius 2 is 2.00 bits per heavy atom. The van der Waals surface area contributed by atoms with E-state index in [9.17, 15) is 4.79 Å². The van der Waals surface area contributed by atoms with Crippen molar-refractivity contribution in [2.75, 3.05) is 25.0 Å². The second kappa shape index (κ2) is 5.71. The molecule has 17 heavy (non-hydrogen) atoms. The minimum Gasteiger partial charge on any atom is -0.371 e. The van der Waals surface area contributed by atoms with Crippen molar-refractivity contribution in [2.24, 2.45) is 0 Å². The van der Waals surface area contributed by atoms with Crippen molar-refractivity contribution in [3.63, 3.8) is 0 Å². The Labute approximate surface area is 103 Å². The molecule has 1 heterocycles. The molecule has 0 spiro atoms. The number of hydrogen-bond acceptors (Lipinski definition) is 2. The molecule has 0 bridgehead atoms. The van der Waals surface area contributed by atoms with E-state index in [1.807, 2.05) is 0 Å². The highest BCUT2D eigenvalue weighted by Crippen LogP contribution is 2.25. The Morgan fingerprint density at radius 3 is 2.71 bits per heavy atom. The van der Waals surface area contributed by atoms with Crippen molar-refractivity contribution in [1.82, 2.24) is 5.32 Å². The van der Waals surface area contributed by atoms with Gasteiger partial charge in [-0.1, -0.05) is 18.2 Å². The van der Waals surface area contributed by atoms with Crippen LogP contribution in [0.25, 0.3) is 0 Å². The molecule has 1 saturated heterocycles. The van der Waals surface area contributed by atoms with E-state index in [1.165, 1.54) is 24.1 Å². The lowest BCUT2D eigenvalue weighted by atomic mass is 10.1. The van der Waals surface area contributed by atoms with E-state index in [1.54, 1.807) is 7.05 Å². The topological polar surface area (TPSA) is 32.3 Å². The van der Waals surface area contributed by atoms with Crippen LogP contribution in [0.15, 0.2) is 24.3 Å². The summed E-state index contributed by atoms with van der Waals surface area (Å²) >= 11 is 0. The summed E-state index contributed by atoms with van der Waals surface area (Å²) in [6, 6.07) is 8.44. The smallest absolute Gasteiger partial charge is 0.220 e. The number of rotatable bonds is 4. The first kappa shape index (κ1) is 12.0. The van der Waals surface area contributed by atoms with Crippen LogP contribution in [0.4, 0.5) is 5.69 Å². The van der Waals surface area contributed by atoms with Gasteiger partial charge in [0.2, 0.25) is 5.91 Å². The highest BCUT2D eigenvalue weighted by molar-refractivity contribution is 5.76.